The standard InChI is InChI=1S/C24H26BrCl2N5O2S/c1-13(2)9-20(29-23(34)17-7-5-15(26)11-19(17)27)22-30-31-24(32(22)4)35-12-21(33)28-16-6-8-18(25)14(3)10-16/h5-8,10-11,13,20H,9,12H2,1-4H3,(H,28,33)(H,29,34)/t20-/m1/s1. The van der Waals surface area contributed by atoms with E-state index in [1.807, 2.05) is 32.2 Å². The number of amides is 2. The largest absolute Gasteiger partial charge is 0.342 e. The zero-order valence-corrected chi connectivity index (χ0v) is 23.6. The van der Waals surface area contributed by atoms with Crippen LogP contribution in [0.1, 0.15) is 48.1 Å². The van der Waals surface area contributed by atoms with Gasteiger partial charge in [-0.05, 0) is 61.2 Å². The van der Waals surface area contributed by atoms with Crippen molar-refractivity contribution in [1.29, 1.82) is 0 Å². The second kappa shape index (κ2) is 12.3. The molecule has 3 aromatic rings. The van der Waals surface area contributed by atoms with Crippen molar-refractivity contribution in [2.45, 2.75) is 38.4 Å². The Bertz CT molecular complexity index is 1230. The van der Waals surface area contributed by atoms with Gasteiger partial charge in [-0.15, -0.1) is 10.2 Å². The number of nitrogens with one attached hydrogen (secondary N) is 2. The van der Waals surface area contributed by atoms with Crippen LogP contribution in [0.15, 0.2) is 46.0 Å². The average Bonchev–Trinajstić information content (AvgIpc) is 3.14. The molecule has 0 bridgehead atoms. The predicted octanol–water partition coefficient (Wildman–Crippen LogP) is 6.44. The van der Waals surface area contributed by atoms with Gasteiger partial charge in [0, 0.05) is 22.2 Å². The van der Waals surface area contributed by atoms with E-state index in [1.54, 1.807) is 16.7 Å². The van der Waals surface area contributed by atoms with Crippen molar-refractivity contribution in [2.24, 2.45) is 13.0 Å². The van der Waals surface area contributed by atoms with Gasteiger partial charge in [0.15, 0.2) is 11.0 Å². The molecule has 186 valence electrons. The highest BCUT2D eigenvalue weighted by Gasteiger charge is 2.24. The number of carbonyl (C=O) groups excluding carboxylic acids is 2. The molecule has 0 saturated heterocycles. The van der Waals surface area contributed by atoms with Crippen LogP contribution in [-0.2, 0) is 11.8 Å². The topological polar surface area (TPSA) is 88.9 Å². The molecule has 0 aliphatic carbocycles. The van der Waals surface area contributed by atoms with Crippen molar-refractivity contribution < 1.29 is 9.59 Å². The molecule has 0 aliphatic rings. The molecule has 1 atom stereocenters. The van der Waals surface area contributed by atoms with Crippen molar-refractivity contribution in [2.75, 3.05) is 11.1 Å². The first kappa shape index (κ1) is 27.5. The number of thioether (sulfide) groups is 1. The van der Waals surface area contributed by atoms with Crippen LogP contribution in [0, 0.1) is 12.8 Å². The zero-order valence-electron chi connectivity index (χ0n) is 19.7. The first-order valence-electron chi connectivity index (χ1n) is 10.9. The molecule has 2 aromatic carbocycles. The van der Waals surface area contributed by atoms with E-state index < -0.39 is 0 Å². The van der Waals surface area contributed by atoms with Gasteiger partial charge in [0.25, 0.3) is 5.91 Å². The zero-order chi connectivity index (χ0) is 25.7. The Morgan fingerprint density at radius 2 is 1.89 bits per heavy atom. The van der Waals surface area contributed by atoms with E-state index in [0.717, 1.165) is 15.7 Å². The minimum Gasteiger partial charge on any atom is -0.342 e. The summed E-state index contributed by atoms with van der Waals surface area (Å²) in [6, 6.07) is 10.0. The van der Waals surface area contributed by atoms with E-state index in [9.17, 15) is 9.59 Å². The molecule has 1 aromatic heterocycles. The third-order valence-corrected chi connectivity index (χ3v) is 7.60. The monoisotopic (exact) mass is 597 g/mol. The van der Waals surface area contributed by atoms with Crippen LogP contribution in [0.2, 0.25) is 10.0 Å². The number of rotatable bonds is 9. The third kappa shape index (κ3) is 7.46. The second-order valence-corrected chi connectivity index (χ2v) is 11.1. The lowest BCUT2D eigenvalue weighted by Crippen LogP contribution is -2.31. The van der Waals surface area contributed by atoms with E-state index in [0.29, 0.717) is 28.0 Å². The van der Waals surface area contributed by atoms with Gasteiger partial charge < -0.3 is 15.2 Å². The predicted molar refractivity (Wildman–Crippen MR) is 145 cm³/mol. The second-order valence-electron chi connectivity index (χ2n) is 8.48. The lowest BCUT2D eigenvalue weighted by Gasteiger charge is -2.20. The fourth-order valence-corrected chi connectivity index (χ4v) is 4.87. The van der Waals surface area contributed by atoms with Gasteiger partial charge in [0.05, 0.1) is 22.4 Å². The summed E-state index contributed by atoms with van der Waals surface area (Å²) in [5.74, 6) is 0.588. The van der Waals surface area contributed by atoms with Gasteiger partial charge in [-0.3, -0.25) is 9.59 Å². The van der Waals surface area contributed by atoms with E-state index >= 15 is 0 Å². The first-order valence-corrected chi connectivity index (χ1v) is 13.4. The molecular weight excluding hydrogens is 573 g/mol. The number of benzene rings is 2. The lowest BCUT2D eigenvalue weighted by atomic mass is 10.0. The lowest BCUT2D eigenvalue weighted by molar-refractivity contribution is -0.113. The van der Waals surface area contributed by atoms with Gasteiger partial charge in [-0.2, -0.15) is 0 Å². The molecule has 0 unspecified atom stereocenters. The number of hydrogen-bond acceptors (Lipinski definition) is 5. The fourth-order valence-electron chi connectivity index (χ4n) is 3.41. The van der Waals surface area contributed by atoms with Crippen LogP contribution in [-0.4, -0.2) is 32.3 Å². The van der Waals surface area contributed by atoms with Crippen LogP contribution in [0.4, 0.5) is 5.69 Å². The highest BCUT2D eigenvalue weighted by Crippen LogP contribution is 2.26. The van der Waals surface area contributed by atoms with Crippen LogP contribution >= 0.6 is 50.9 Å². The smallest absolute Gasteiger partial charge is 0.253 e. The molecule has 11 heteroatoms. The van der Waals surface area contributed by atoms with Crippen molar-refractivity contribution in [3.8, 4) is 0 Å². The average molecular weight is 599 g/mol. The number of aromatic nitrogens is 3. The van der Waals surface area contributed by atoms with Crippen molar-refractivity contribution >= 4 is 68.4 Å². The minimum atomic E-state index is -0.388. The maximum absolute atomic E-state index is 12.9. The summed E-state index contributed by atoms with van der Waals surface area (Å²) in [5.41, 5.74) is 2.10. The number of aryl methyl sites for hydroxylation is 1. The molecule has 0 saturated carbocycles. The summed E-state index contributed by atoms with van der Waals surface area (Å²) in [6.45, 7) is 6.09. The summed E-state index contributed by atoms with van der Waals surface area (Å²) in [6.07, 6.45) is 0.650. The van der Waals surface area contributed by atoms with Crippen LogP contribution in [0.3, 0.4) is 0 Å². The Labute approximate surface area is 227 Å². The normalized spacial score (nSPS) is 12.0. The molecule has 35 heavy (non-hydrogen) atoms. The molecular formula is C24H26BrCl2N5O2S. The fraction of sp³-hybridized carbons (Fsp3) is 0.333. The number of halogens is 3. The first-order chi connectivity index (χ1) is 16.5. The molecule has 0 fully saturated rings. The SMILES string of the molecule is Cc1cc(NC(=O)CSc2nnc([C@@H](CC(C)C)NC(=O)c3ccc(Cl)cc3Cl)n2C)ccc1Br. The van der Waals surface area contributed by atoms with Gasteiger partial charge in [0.1, 0.15) is 0 Å². The van der Waals surface area contributed by atoms with Gasteiger partial charge in [0.2, 0.25) is 5.91 Å². The number of anilines is 1. The van der Waals surface area contributed by atoms with E-state index in [2.05, 4.69) is 50.6 Å². The van der Waals surface area contributed by atoms with Crippen molar-refractivity contribution in [3.05, 3.63) is 67.9 Å². The van der Waals surface area contributed by atoms with Crippen LogP contribution < -0.4 is 10.6 Å². The van der Waals surface area contributed by atoms with Gasteiger partial charge in [-0.25, -0.2) is 0 Å². The summed E-state index contributed by atoms with van der Waals surface area (Å²) in [7, 11) is 1.82. The number of nitrogens with zero attached hydrogens (tertiary/aromatic N) is 3. The minimum absolute atomic E-state index is 0.148. The third-order valence-electron chi connectivity index (χ3n) is 5.14. The Morgan fingerprint density at radius 1 is 1.14 bits per heavy atom. The van der Waals surface area contributed by atoms with Gasteiger partial charge >= 0.3 is 0 Å². The molecule has 0 spiro atoms. The van der Waals surface area contributed by atoms with E-state index in [-0.39, 0.29) is 34.5 Å². The molecule has 2 N–H and O–H groups in total. The van der Waals surface area contributed by atoms with Gasteiger partial charge in [-0.1, -0.05) is 64.7 Å². The molecule has 1 heterocycles. The number of carbonyl (C=O) groups is 2. The maximum Gasteiger partial charge on any atom is 0.253 e. The summed E-state index contributed by atoms with van der Waals surface area (Å²) in [4.78, 5) is 25.4. The highest BCUT2D eigenvalue weighted by atomic mass is 79.9. The van der Waals surface area contributed by atoms with Crippen LogP contribution in [0.25, 0.3) is 0 Å². The highest BCUT2D eigenvalue weighted by molar-refractivity contribution is 9.10. The van der Waals surface area contributed by atoms with Crippen molar-refractivity contribution in [1.82, 2.24) is 20.1 Å². The van der Waals surface area contributed by atoms with E-state index in [1.165, 1.54) is 17.8 Å². The quantitative estimate of drug-likeness (QED) is 0.277. The summed E-state index contributed by atoms with van der Waals surface area (Å²) < 4.78 is 2.79. The maximum atomic E-state index is 12.9. The van der Waals surface area contributed by atoms with Crippen LogP contribution in [0.5, 0.6) is 0 Å². The summed E-state index contributed by atoms with van der Waals surface area (Å²) >= 11 is 16.9. The Morgan fingerprint density at radius 3 is 2.54 bits per heavy atom. The van der Waals surface area contributed by atoms with E-state index in [4.69, 9.17) is 23.2 Å². The Kier molecular flexibility index (Phi) is 9.63. The molecule has 2 amide bonds. The Balaban J connectivity index is 1.69. The molecule has 0 aliphatic heterocycles. The number of hydrogen-bond donors (Lipinski definition) is 2. The van der Waals surface area contributed by atoms with Crippen molar-refractivity contribution in [3.63, 3.8) is 0 Å². The molecule has 3 rings (SSSR count). The Hall–Kier alpha value is -2.07. The molecule has 7 nitrogen and oxygen atoms in total. The molecule has 0 radical (unpaired) electrons. The summed E-state index contributed by atoms with van der Waals surface area (Å²) in [5, 5.41) is 15.8.